The van der Waals surface area contributed by atoms with E-state index in [2.05, 4.69) is 5.32 Å². The van der Waals surface area contributed by atoms with E-state index in [0.29, 0.717) is 35.1 Å². The van der Waals surface area contributed by atoms with Crippen LogP contribution in [0.25, 0.3) is 0 Å². The standard InChI is InChI=1S/C20H24ClN3O3.C2HF3O2/c1-4-24(11-10-23(2)3)18-9-8-16(13-17(18)20(26)27)22-19(25)14-6-5-7-15(21)12-14;3-2(4,5)1(6)7/h5-9,12-13H,4,10-11H2,1-3H3,(H,22,25)(H,26,27);(H,6,7). The summed E-state index contributed by atoms with van der Waals surface area (Å²) in [7, 11) is 3.95. The third-order valence-electron chi connectivity index (χ3n) is 4.35. The van der Waals surface area contributed by atoms with Crippen LogP contribution in [0.4, 0.5) is 24.5 Å². The summed E-state index contributed by atoms with van der Waals surface area (Å²) in [6.45, 7) is 4.18. The number of alkyl halides is 3. The predicted molar refractivity (Wildman–Crippen MR) is 123 cm³/mol. The lowest BCUT2D eigenvalue weighted by molar-refractivity contribution is -0.192. The number of nitrogens with zero attached hydrogens (tertiary/aromatic N) is 2. The van der Waals surface area contributed by atoms with Crippen molar-refractivity contribution in [3.63, 3.8) is 0 Å². The number of aliphatic carboxylic acids is 1. The van der Waals surface area contributed by atoms with Gasteiger partial charge in [-0.1, -0.05) is 17.7 Å². The molecule has 0 atom stereocenters. The lowest BCUT2D eigenvalue weighted by atomic mass is 10.1. The van der Waals surface area contributed by atoms with E-state index in [9.17, 15) is 27.9 Å². The van der Waals surface area contributed by atoms with Gasteiger partial charge in [-0.3, -0.25) is 4.79 Å². The molecule has 2 rings (SSSR count). The molecule has 3 N–H and O–H groups in total. The fraction of sp³-hybridized carbons (Fsp3) is 0.318. The van der Waals surface area contributed by atoms with E-state index in [4.69, 9.17) is 21.5 Å². The third-order valence-corrected chi connectivity index (χ3v) is 4.59. The van der Waals surface area contributed by atoms with Gasteiger partial charge >= 0.3 is 18.1 Å². The number of rotatable bonds is 8. The molecule has 2 aromatic rings. The smallest absolute Gasteiger partial charge is 0.478 e. The first-order chi connectivity index (χ1) is 15.8. The van der Waals surface area contributed by atoms with Crippen LogP contribution in [0.1, 0.15) is 27.6 Å². The van der Waals surface area contributed by atoms with E-state index in [1.807, 2.05) is 30.8 Å². The molecule has 0 aliphatic heterocycles. The van der Waals surface area contributed by atoms with Crippen LogP contribution in [0.3, 0.4) is 0 Å². The summed E-state index contributed by atoms with van der Waals surface area (Å²) in [4.78, 5) is 37.1. The minimum atomic E-state index is -5.08. The maximum atomic E-state index is 12.4. The maximum absolute atomic E-state index is 12.4. The average molecular weight is 504 g/mol. The van der Waals surface area contributed by atoms with Crippen LogP contribution >= 0.6 is 11.6 Å². The number of nitrogens with one attached hydrogen (secondary N) is 1. The normalized spacial score (nSPS) is 10.8. The predicted octanol–water partition coefficient (Wildman–Crippen LogP) is 4.31. The zero-order chi connectivity index (χ0) is 26.1. The van der Waals surface area contributed by atoms with Crippen LogP contribution in [-0.2, 0) is 4.79 Å². The highest BCUT2D eigenvalue weighted by atomic mass is 35.5. The monoisotopic (exact) mass is 503 g/mol. The Morgan fingerprint density at radius 3 is 2.12 bits per heavy atom. The van der Waals surface area contributed by atoms with Crippen molar-refractivity contribution in [2.45, 2.75) is 13.1 Å². The molecule has 0 saturated heterocycles. The second-order valence-corrected chi connectivity index (χ2v) is 7.62. The molecule has 2 aromatic carbocycles. The van der Waals surface area contributed by atoms with E-state index in [-0.39, 0.29) is 11.5 Å². The number of carboxylic acids is 2. The Balaban J connectivity index is 0.000000718. The Kier molecular flexibility index (Phi) is 10.8. The lowest BCUT2D eigenvalue weighted by Gasteiger charge is -2.26. The molecule has 0 aliphatic carbocycles. The largest absolute Gasteiger partial charge is 0.490 e. The number of hydrogen-bond acceptors (Lipinski definition) is 5. The summed E-state index contributed by atoms with van der Waals surface area (Å²) >= 11 is 5.92. The van der Waals surface area contributed by atoms with Gasteiger partial charge in [-0.15, -0.1) is 0 Å². The Morgan fingerprint density at radius 2 is 1.65 bits per heavy atom. The van der Waals surface area contributed by atoms with Crippen LogP contribution in [0.15, 0.2) is 42.5 Å². The maximum Gasteiger partial charge on any atom is 0.490 e. The van der Waals surface area contributed by atoms with Crippen molar-refractivity contribution >= 4 is 40.8 Å². The number of amides is 1. The summed E-state index contributed by atoms with van der Waals surface area (Å²) in [6.07, 6.45) is -5.08. The van der Waals surface area contributed by atoms with Gasteiger partial charge in [-0.2, -0.15) is 13.2 Å². The highest BCUT2D eigenvalue weighted by Crippen LogP contribution is 2.25. The Labute approximate surface area is 199 Å². The lowest BCUT2D eigenvalue weighted by Crippen LogP contribution is -2.32. The van der Waals surface area contributed by atoms with Crippen molar-refractivity contribution in [2.24, 2.45) is 0 Å². The van der Waals surface area contributed by atoms with Crippen molar-refractivity contribution in [3.8, 4) is 0 Å². The Bertz CT molecular complexity index is 1020. The van der Waals surface area contributed by atoms with Gasteiger partial charge < -0.3 is 25.3 Å². The van der Waals surface area contributed by atoms with Crippen molar-refractivity contribution in [3.05, 3.63) is 58.6 Å². The highest BCUT2D eigenvalue weighted by Gasteiger charge is 2.38. The van der Waals surface area contributed by atoms with E-state index in [0.717, 1.165) is 6.54 Å². The molecule has 34 heavy (non-hydrogen) atoms. The molecule has 0 saturated carbocycles. The van der Waals surface area contributed by atoms with Gasteiger partial charge in [-0.05, 0) is 57.4 Å². The molecule has 0 aliphatic rings. The van der Waals surface area contributed by atoms with Gasteiger partial charge in [-0.25, -0.2) is 9.59 Å². The minimum absolute atomic E-state index is 0.152. The van der Waals surface area contributed by atoms with Gasteiger partial charge in [0.15, 0.2) is 0 Å². The van der Waals surface area contributed by atoms with E-state index < -0.39 is 18.1 Å². The quantitative estimate of drug-likeness (QED) is 0.492. The molecule has 0 spiro atoms. The minimum Gasteiger partial charge on any atom is -0.478 e. The number of anilines is 2. The molecule has 0 unspecified atom stereocenters. The topological polar surface area (TPSA) is 110 Å². The summed E-state index contributed by atoms with van der Waals surface area (Å²) in [5.41, 5.74) is 1.61. The first kappa shape index (κ1) is 28.7. The molecular weight excluding hydrogens is 479 g/mol. The van der Waals surface area contributed by atoms with Crippen molar-refractivity contribution in [1.29, 1.82) is 0 Å². The molecule has 0 radical (unpaired) electrons. The van der Waals surface area contributed by atoms with Gasteiger partial charge in [0.2, 0.25) is 0 Å². The molecule has 12 heteroatoms. The second kappa shape index (κ2) is 12.8. The van der Waals surface area contributed by atoms with Crippen molar-refractivity contribution in [2.75, 3.05) is 43.9 Å². The summed E-state index contributed by atoms with van der Waals surface area (Å²) in [5, 5.41) is 19.9. The Hall–Kier alpha value is -3.31. The molecule has 0 bridgehead atoms. The van der Waals surface area contributed by atoms with Gasteiger partial charge in [0.25, 0.3) is 5.91 Å². The number of halogens is 4. The van der Waals surface area contributed by atoms with Crippen molar-refractivity contribution < 1.29 is 37.8 Å². The van der Waals surface area contributed by atoms with Crippen molar-refractivity contribution in [1.82, 2.24) is 4.90 Å². The van der Waals surface area contributed by atoms with E-state index in [1.54, 1.807) is 36.4 Å². The molecule has 0 fully saturated rings. The molecular formula is C22H25ClF3N3O5. The van der Waals surface area contributed by atoms with Crippen LogP contribution < -0.4 is 10.2 Å². The second-order valence-electron chi connectivity index (χ2n) is 7.19. The first-order valence-electron chi connectivity index (χ1n) is 9.90. The number of carboxylic acid groups (broad SMARTS) is 2. The highest BCUT2D eigenvalue weighted by molar-refractivity contribution is 6.31. The molecule has 0 heterocycles. The van der Waals surface area contributed by atoms with E-state index >= 15 is 0 Å². The zero-order valence-corrected chi connectivity index (χ0v) is 19.4. The number of carbonyl (C=O) groups is 3. The zero-order valence-electron chi connectivity index (χ0n) is 18.7. The number of aromatic carboxylic acids is 1. The first-order valence-corrected chi connectivity index (χ1v) is 10.3. The summed E-state index contributed by atoms with van der Waals surface area (Å²) in [6, 6.07) is 11.5. The number of hydrogen-bond donors (Lipinski definition) is 3. The average Bonchev–Trinajstić information content (AvgIpc) is 2.74. The van der Waals surface area contributed by atoms with Crippen LogP contribution in [-0.4, -0.2) is 72.9 Å². The molecule has 0 aromatic heterocycles. The number of likely N-dealkylation sites (N-methyl/N-ethyl adjacent to an activating group) is 2. The van der Waals surface area contributed by atoms with Crippen LogP contribution in [0.5, 0.6) is 0 Å². The number of carbonyl (C=O) groups excluding carboxylic acids is 1. The van der Waals surface area contributed by atoms with Gasteiger partial charge in [0.05, 0.1) is 11.3 Å². The van der Waals surface area contributed by atoms with Gasteiger partial charge in [0.1, 0.15) is 0 Å². The van der Waals surface area contributed by atoms with Crippen LogP contribution in [0, 0.1) is 0 Å². The van der Waals surface area contributed by atoms with Crippen LogP contribution in [0.2, 0.25) is 5.02 Å². The van der Waals surface area contributed by atoms with Gasteiger partial charge in [0, 0.05) is 35.9 Å². The molecule has 1 amide bonds. The van der Waals surface area contributed by atoms with E-state index in [1.165, 1.54) is 6.07 Å². The molecule has 8 nitrogen and oxygen atoms in total. The Morgan fingerprint density at radius 1 is 1.03 bits per heavy atom. The summed E-state index contributed by atoms with van der Waals surface area (Å²) in [5.74, 6) is -4.14. The summed E-state index contributed by atoms with van der Waals surface area (Å²) < 4.78 is 31.7. The third kappa shape index (κ3) is 9.28. The molecule has 186 valence electrons. The fourth-order valence-electron chi connectivity index (χ4n) is 2.66. The fourth-order valence-corrected chi connectivity index (χ4v) is 2.85. The SMILES string of the molecule is CCN(CCN(C)C)c1ccc(NC(=O)c2cccc(Cl)c2)cc1C(=O)O.O=C(O)C(F)(F)F. The number of benzene rings is 2.